The molecule has 0 bridgehead atoms. The molecule has 1 aliphatic rings. The lowest BCUT2D eigenvalue weighted by molar-refractivity contribution is -0.0775. The van der Waals surface area contributed by atoms with Crippen LogP contribution in [0.15, 0.2) is 30.3 Å². The molecular weight excluding hydrogens is 238 g/mol. The number of hydrogen-bond donors (Lipinski definition) is 1. The number of hydrogen-bond acceptors (Lipinski definition) is 3. The SMILES string of the molecule is CC1(C)CC(C(N)COc2ccccc2)C(C)(C)O1. The Bertz CT molecular complexity index is 414. The van der Waals surface area contributed by atoms with E-state index in [0.717, 1.165) is 12.2 Å². The molecular formula is C16H25NO2. The van der Waals surface area contributed by atoms with Gasteiger partial charge in [-0.2, -0.15) is 0 Å². The summed E-state index contributed by atoms with van der Waals surface area (Å²) >= 11 is 0. The van der Waals surface area contributed by atoms with Crippen LogP contribution in [0.2, 0.25) is 0 Å². The van der Waals surface area contributed by atoms with Crippen LogP contribution in [-0.4, -0.2) is 23.9 Å². The van der Waals surface area contributed by atoms with Gasteiger partial charge in [0.1, 0.15) is 12.4 Å². The van der Waals surface area contributed by atoms with E-state index in [-0.39, 0.29) is 17.2 Å². The third-order valence-electron chi connectivity index (χ3n) is 3.85. The van der Waals surface area contributed by atoms with E-state index >= 15 is 0 Å². The maximum absolute atomic E-state index is 6.32. The van der Waals surface area contributed by atoms with E-state index in [1.54, 1.807) is 0 Å². The van der Waals surface area contributed by atoms with E-state index in [0.29, 0.717) is 12.5 Å². The molecule has 1 fully saturated rings. The highest BCUT2D eigenvalue weighted by Gasteiger charge is 2.48. The molecule has 0 radical (unpaired) electrons. The van der Waals surface area contributed by atoms with Gasteiger partial charge in [-0.3, -0.25) is 0 Å². The van der Waals surface area contributed by atoms with E-state index in [1.165, 1.54) is 0 Å². The van der Waals surface area contributed by atoms with Crippen molar-refractivity contribution in [2.75, 3.05) is 6.61 Å². The fourth-order valence-corrected chi connectivity index (χ4v) is 3.10. The van der Waals surface area contributed by atoms with Crippen molar-refractivity contribution in [3.05, 3.63) is 30.3 Å². The van der Waals surface area contributed by atoms with Gasteiger partial charge >= 0.3 is 0 Å². The van der Waals surface area contributed by atoms with Gasteiger partial charge < -0.3 is 15.2 Å². The van der Waals surface area contributed by atoms with Crippen molar-refractivity contribution in [1.29, 1.82) is 0 Å². The topological polar surface area (TPSA) is 44.5 Å². The molecule has 19 heavy (non-hydrogen) atoms. The molecule has 2 rings (SSSR count). The number of ether oxygens (including phenoxy) is 2. The largest absolute Gasteiger partial charge is 0.492 e. The molecule has 3 heteroatoms. The van der Waals surface area contributed by atoms with Gasteiger partial charge in [0.15, 0.2) is 0 Å². The normalized spacial score (nSPS) is 26.1. The summed E-state index contributed by atoms with van der Waals surface area (Å²) in [6.45, 7) is 9.01. The van der Waals surface area contributed by atoms with E-state index in [2.05, 4.69) is 27.7 Å². The van der Waals surface area contributed by atoms with Gasteiger partial charge in [-0.1, -0.05) is 18.2 Å². The predicted molar refractivity (Wildman–Crippen MR) is 77.3 cm³/mol. The molecule has 3 nitrogen and oxygen atoms in total. The maximum Gasteiger partial charge on any atom is 0.119 e. The van der Waals surface area contributed by atoms with Crippen molar-refractivity contribution in [2.45, 2.75) is 51.4 Å². The summed E-state index contributed by atoms with van der Waals surface area (Å²) in [5, 5.41) is 0. The van der Waals surface area contributed by atoms with Crippen LogP contribution in [0.1, 0.15) is 34.1 Å². The van der Waals surface area contributed by atoms with E-state index in [9.17, 15) is 0 Å². The van der Waals surface area contributed by atoms with E-state index in [1.807, 2.05) is 30.3 Å². The highest BCUT2D eigenvalue weighted by molar-refractivity contribution is 5.21. The zero-order valence-corrected chi connectivity index (χ0v) is 12.3. The fourth-order valence-electron chi connectivity index (χ4n) is 3.10. The average molecular weight is 263 g/mol. The van der Waals surface area contributed by atoms with Gasteiger partial charge in [0.25, 0.3) is 0 Å². The molecule has 0 spiro atoms. The highest BCUT2D eigenvalue weighted by Crippen LogP contribution is 2.43. The highest BCUT2D eigenvalue weighted by atomic mass is 16.5. The molecule has 2 atom stereocenters. The first-order chi connectivity index (χ1) is 8.80. The Balaban J connectivity index is 1.95. The number of benzene rings is 1. The molecule has 0 amide bonds. The van der Waals surface area contributed by atoms with Crippen LogP contribution in [-0.2, 0) is 4.74 Å². The second-order valence-electron chi connectivity index (χ2n) is 6.56. The van der Waals surface area contributed by atoms with Crippen LogP contribution in [0.3, 0.4) is 0 Å². The van der Waals surface area contributed by atoms with Crippen molar-refractivity contribution in [3.63, 3.8) is 0 Å². The van der Waals surface area contributed by atoms with Crippen molar-refractivity contribution < 1.29 is 9.47 Å². The predicted octanol–water partition coefficient (Wildman–Crippen LogP) is 2.99. The minimum atomic E-state index is -0.192. The summed E-state index contributed by atoms with van der Waals surface area (Å²) in [5.74, 6) is 1.18. The third kappa shape index (κ3) is 3.48. The lowest BCUT2D eigenvalue weighted by Crippen LogP contribution is -2.44. The number of rotatable bonds is 4. The van der Waals surface area contributed by atoms with Crippen LogP contribution in [0, 0.1) is 5.92 Å². The Labute approximate surface area is 116 Å². The molecule has 0 saturated carbocycles. The number of para-hydroxylation sites is 1. The molecule has 106 valence electrons. The summed E-state index contributed by atoms with van der Waals surface area (Å²) < 4.78 is 11.8. The smallest absolute Gasteiger partial charge is 0.119 e. The Morgan fingerprint density at radius 3 is 2.42 bits per heavy atom. The monoisotopic (exact) mass is 263 g/mol. The van der Waals surface area contributed by atoms with Gasteiger partial charge in [0, 0.05) is 12.0 Å². The van der Waals surface area contributed by atoms with Crippen molar-refractivity contribution in [2.24, 2.45) is 11.7 Å². The first-order valence-electron chi connectivity index (χ1n) is 6.94. The zero-order valence-electron chi connectivity index (χ0n) is 12.3. The van der Waals surface area contributed by atoms with Crippen LogP contribution in [0.4, 0.5) is 0 Å². The Morgan fingerprint density at radius 2 is 1.89 bits per heavy atom. The molecule has 0 aromatic heterocycles. The zero-order chi connectivity index (χ0) is 14.1. The van der Waals surface area contributed by atoms with Crippen molar-refractivity contribution in [3.8, 4) is 5.75 Å². The summed E-state index contributed by atoms with van der Waals surface area (Å²) in [4.78, 5) is 0. The third-order valence-corrected chi connectivity index (χ3v) is 3.85. The van der Waals surface area contributed by atoms with Gasteiger partial charge in [-0.15, -0.1) is 0 Å². The van der Waals surface area contributed by atoms with Crippen LogP contribution in [0.5, 0.6) is 5.75 Å². The minimum Gasteiger partial charge on any atom is -0.492 e. The fraction of sp³-hybridized carbons (Fsp3) is 0.625. The second-order valence-corrected chi connectivity index (χ2v) is 6.56. The minimum absolute atomic E-state index is 0.0167. The summed E-state index contributed by atoms with van der Waals surface area (Å²) in [5.41, 5.74) is 6.03. The average Bonchev–Trinajstić information content (AvgIpc) is 2.56. The Hall–Kier alpha value is -1.06. The van der Waals surface area contributed by atoms with E-state index < -0.39 is 0 Å². The summed E-state index contributed by atoms with van der Waals surface area (Å²) in [6, 6.07) is 9.79. The van der Waals surface area contributed by atoms with E-state index in [4.69, 9.17) is 15.2 Å². The second kappa shape index (κ2) is 5.14. The Morgan fingerprint density at radius 1 is 1.26 bits per heavy atom. The summed E-state index contributed by atoms with van der Waals surface area (Å²) in [7, 11) is 0. The van der Waals surface area contributed by atoms with Gasteiger partial charge in [0.2, 0.25) is 0 Å². The molecule has 2 unspecified atom stereocenters. The first-order valence-corrected chi connectivity index (χ1v) is 6.94. The molecule has 1 aliphatic heterocycles. The van der Waals surface area contributed by atoms with Crippen LogP contribution in [0.25, 0.3) is 0 Å². The van der Waals surface area contributed by atoms with Crippen LogP contribution < -0.4 is 10.5 Å². The lowest BCUT2D eigenvalue weighted by atomic mass is 9.82. The van der Waals surface area contributed by atoms with Gasteiger partial charge in [-0.05, 0) is 46.2 Å². The van der Waals surface area contributed by atoms with Crippen molar-refractivity contribution >= 4 is 0 Å². The van der Waals surface area contributed by atoms with Crippen molar-refractivity contribution in [1.82, 2.24) is 0 Å². The standard InChI is InChI=1S/C16H25NO2/c1-15(2)10-13(16(3,4)19-15)14(17)11-18-12-8-6-5-7-9-12/h5-9,13-14H,10-11,17H2,1-4H3. The number of nitrogens with two attached hydrogens (primary N) is 1. The van der Waals surface area contributed by atoms with Gasteiger partial charge in [-0.25, -0.2) is 0 Å². The molecule has 1 aromatic carbocycles. The maximum atomic E-state index is 6.32. The molecule has 1 heterocycles. The Kier molecular flexibility index (Phi) is 3.88. The molecule has 0 aliphatic carbocycles. The molecule has 1 saturated heterocycles. The first kappa shape index (κ1) is 14.4. The van der Waals surface area contributed by atoms with Crippen LogP contribution >= 0.6 is 0 Å². The molecule has 2 N–H and O–H groups in total. The molecule has 1 aromatic rings. The lowest BCUT2D eigenvalue weighted by Gasteiger charge is -2.30. The van der Waals surface area contributed by atoms with Gasteiger partial charge in [0.05, 0.1) is 11.2 Å². The summed E-state index contributed by atoms with van der Waals surface area (Å²) in [6.07, 6.45) is 0.972. The quantitative estimate of drug-likeness (QED) is 0.908.